The van der Waals surface area contributed by atoms with Crippen molar-refractivity contribution in [1.82, 2.24) is 10.6 Å². The molecule has 0 heterocycles. The third-order valence-electron chi connectivity index (χ3n) is 7.36. The first kappa shape index (κ1) is 34.5. The van der Waals surface area contributed by atoms with Crippen LogP contribution in [0.25, 0.3) is 0 Å². The normalized spacial score (nSPS) is 22.0. The summed E-state index contributed by atoms with van der Waals surface area (Å²) >= 11 is 0. The molecule has 0 unspecified atom stereocenters. The molecule has 4 fully saturated rings. The van der Waals surface area contributed by atoms with Crippen LogP contribution in [0.2, 0.25) is 0 Å². The van der Waals surface area contributed by atoms with Gasteiger partial charge in [0.1, 0.15) is 0 Å². The number of hydrogen-bond acceptors (Lipinski definition) is 6. The SMILES string of the molecule is C1CCC(NC2CCCCC2)CC1.C1CCC(NC2CCCCC2)CC1.CC(=O)[O-].CC(=O)[O-].[Pd+2]. The van der Waals surface area contributed by atoms with Crippen LogP contribution in [0.15, 0.2) is 0 Å². The minimum atomic E-state index is -1.08. The summed E-state index contributed by atoms with van der Waals surface area (Å²) in [6.45, 7) is 1.94. The van der Waals surface area contributed by atoms with Crippen LogP contribution in [-0.4, -0.2) is 36.1 Å². The first-order chi connectivity index (χ1) is 16.4. The van der Waals surface area contributed by atoms with E-state index in [2.05, 4.69) is 10.6 Å². The summed E-state index contributed by atoms with van der Waals surface area (Å²) in [6.07, 6.45) is 29.1. The van der Waals surface area contributed by atoms with Crippen LogP contribution < -0.4 is 20.8 Å². The summed E-state index contributed by atoms with van der Waals surface area (Å²) in [7, 11) is 0. The van der Waals surface area contributed by atoms with Crippen molar-refractivity contribution in [3.05, 3.63) is 0 Å². The minimum Gasteiger partial charge on any atom is -0.550 e. The van der Waals surface area contributed by atoms with Gasteiger partial charge in [-0.05, 0) is 65.2 Å². The monoisotopic (exact) mass is 586 g/mol. The Morgan fingerprint density at radius 1 is 0.457 bits per heavy atom. The molecular formula is C28H52N2O4Pd. The zero-order chi connectivity index (χ0) is 25.0. The average molecular weight is 587 g/mol. The van der Waals surface area contributed by atoms with Crippen LogP contribution in [0, 0.1) is 0 Å². The second kappa shape index (κ2) is 22.7. The fourth-order valence-electron chi connectivity index (χ4n) is 5.74. The molecule has 0 bridgehead atoms. The van der Waals surface area contributed by atoms with Crippen LogP contribution in [0.5, 0.6) is 0 Å². The summed E-state index contributed by atoms with van der Waals surface area (Å²) in [5, 5.41) is 25.5. The summed E-state index contributed by atoms with van der Waals surface area (Å²) < 4.78 is 0. The van der Waals surface area contributed by atoms with Gasteiger partial charge in [0.25, 0.3) is 0 Å². The Balaban J connectivity index is 0.000000499. The molecule has 2 N–H and O–H groups in total. The Bertz CT molecular complexity index is 425. The van der Waals surface area contributed by atoms with E-state index >= 15 is 0 Å². The van der Waals surface area contributed by atoms with Crippen molar-refractivity contribution in [2.45, 2.75) is 166 Å². The molecule has 6 nitrogen and oxygen atoms in total. The number of carbonyl (C=O) groups is 2. The number of rotatable bonds is 4. The van der Waals surface area contributed by atoms with Crippen molar-refractivity contribution < 1.29 is 40.2 Å². The van der Waals surface area contributed by atoms with Crippen LogP contribution in [0.1, 0.15) is 142 Å². The number of hydrogen-bond donors (Lipinski definition) is 2. The van der Waals surface area contributed by atoms with Gasteiger partial charge in [0, 0.05) is 36.1 Å². The van der Waals surface area contributed by atoms with Gasteiger partial charge < -0.3 is 30.4 Å². The zero-order valence-corrected chi connectivity index (χ0v) is 24.0. The number of aliphatic carboxylic acids is 2. The molecule has 4 aliphatic carbocycles. The smallest absolute Gasteiger partial charge is 0.550 e. The summed E-state index contributed by atoms with van der Waals surface area (Å²) in [5.41, 5.74) is 0. The molecule has 0 aromatic rings. The Morgan fingerprint density at radius 2 is 0.600 bits per heavy atom. The van der Waals surface area contributed by atoms with E-state index in [1.807, 2.05) is 0 Å². The van der Waals surface area contributed by atoms with Crippen LogP contribution in [0.3, 0.4) is 0 Å². The van der Waals surface area contributed by atoms with Gasteiger partial charge in [-0.2, -0.15) is 0 Å². The molecule has 0 spiro atoms. The summed E-state index contributed by atoms with van der Waals surface area (Å²) in [4.78, 5) is 17.8. The molecule has 35 heavy (non-hydrogen) atoms. The zero-order valence-electron chi connectivity index (χ0n) is 22.4. The van der Waals surface area contributed by atoms with Gasteiger partial charge in [-0.25, -0.2) is 0 Å². The Labute approximate surface area is 228 Å². The number of carbonyl (C=O) groups excluding carboxylic acids is 2. The maximum Gasteiger partial charge on any atom is 2.00 e. The second-order valence-electron chi connectivity index (χ2n) is 10.7. The second-order valence-corrected chi connectivity index (χ2v) is 10.7. The molecule has 4 rings (SSSR count). The molecule has 0 aromatic heterocycles. The number of nitrogens with one attached hydrogen (secondary N) is 2. The van der Waals surface area contributed by atoms with Crippen molar-refractivity contribution in [3.63, 3.8) is 0 Å². The van der Waals surface area contributed by atoms with Gasteiger partial charge in [0.05, 0.1) is 0 Å². The van der Waals surface area contributed by atoms with Crippen molar-refractivity contribution in [1.29, 1.82) is 0 Å². The maximum absolute atomic E-state index is 8.89. The van der Waals surface area contributed by atoms with E-state index in [0.717, 1.165) is 38.0 Å². The molecule has 0 aromatic carbocycles. The molecule has 0 atom stereocenters. The topological polar surface area (TPSA) is 104 Å². The first-order valence-electron chi connectivity index (χ1n) is 14.2. The molecule has 0 amide bonds. The fourth-order valence-corrected chi connectivity index (χ4v) is 5.74. The first-order valence-corrected chi connectivity index (χ1v) is 14.2. The molecule has 4 saturated carbocycles. The number of carboxylic acid groups (broad SMARTS) is 2. The third-order valence-corrected chi connectivity index (χ3v) is 7.36. The standard InChI is InChI=1S/2C12H23N.2C2H4O2.Pd/c2*1-3-7-11(8-4-1)13-12-9-5-2-6-10-12;2*1-2(3)4;/h2*11-13H,1-10H2;2*1H3,(H,3,4);/q;;;;+2/p-2. The predicted octanol–water partition coefficient (Wildman–Crippen LogP) is 3.99. The maximum atomic E-state index is 8.89. The van der Waals surface area contributed by atoms with Gasteiger partial charge in [-0.3, -0.25) is 0 Å². The molecule has 0 aliphatic heterocycles. The van der Waals surface area contributed by atoms with Gasteiger partial charge in [-0.15, -0.1) is 0 Å². The van der Waals surface area contributed by atoms with Crippen molar-refractivity contribution in [3.8, 4) is 0 Å². The molecule has 208 valence electrons. The average Bonchev–Trinajstić information content (AvgIpc) is 2.82. The van der Waals surface area contributed by atoms with Gasteiger partial charge in [0.2, 0.25) is 0 Å². The summed E-state index contributed by atoms with van der Waals surface area (Å²) in [6, 6.07) is 3.49. The van der Waals surface area contributed by atoms with E-state index in [1.165, 1.54) is 128 Å². The Morgan fingerprint density at radius 3 is 0.743 bits per heavy atom. The predicted molar refractivity (Wildman–Crippen MR) is 135 cm³/mol. The van der Waals surface area contributed by atoms with Crippen molar-refractivity contribution in [2.75, 3.05) is 0 Å². The van der Waals surface area contributed by atoms with Crippen molar-refractivity contribution in [2.24, 2.45) is 0 Å². The van der Waals surface area contributed by atoms with Crippen molar-refractivity contribution >= 4 is 11.9 Å². The van der Waals surface area contributed by atoms with E-state index in [9.17, 15) is 0 Å². The summed E-state index contributed by atoms with van der Waals surface area (Å²) in [5.74, 6) is -2.17. The van der Waals surface area contributed by atoms with E-state index in [4.69, 9.17) is 19.8 Å². The van der Waals surface area contributed by atoms with Crippen LogP contribution in [-0.2, 0) is 30.0 Å². The van der Waals surface area contributed by atoms with Crippen LogP contribution in [0.4, 0.5) is 0 Å². The van der Waals surface area contributed by atoms with E-state index in [0.29, 0.717) is 0 Å². The molecule has 4 aliphatic rings. The fraction of sp³-hybridized carbons (Fsp3) is 0.929. The van der Waals surface area contributed by atoms with Gasteiger partial charge >= 0.3 is 20.4 Å². The minimum absolute atomic E-state index is 0. The number of carboxylic acids is 2. The molecule has 0 radical (unpaired) electrons. The molecule has 0 saturated heterocycles. The molecule has 7 heteroatoms. The largest absolute Gasteiger partial charge is 2.00 e. The Kier molecular flexibility index (Phi) is 22.4. The Hall–Kier alpha value is -0.478. The van der Waals surface area contributed by atoms with Crippen LogP contribution >= 0.6 is 0 Å². The molecular weight excluding hydrogens is 535 g/mol. The van der Waals surface area contributed by atoms with Gasteiger partial charge in [-0.1, -0.05) is 77.0 Å². The third kappa shape index (κ3) is 21.3. The van der Waals surface area contributed by atoms with E-state index in [-0.39, 0.29) is 20.4 Å². The van der Waals surface area contributed by atoms with E-state index in [1.54, 1.807) is 0 Å². The van der Waals surface area contributed by atoms with Gasteiger partial charge in [0.15, 0.2) is 0 Å². The quantitative estimate of drug-likeness (QED) is 0.483. The van der Waals surface area contributed by atoms with E-state index < -0.39 is 11.9 Å².